The standard InChI is InChI=1S/C23H30N2O2.ClH/c1-26-21-14-19-10-13-25(16-17-8-11-24-12-9-17)23(18-6-4-3-5-7-18)20(19)15-22(21)27-2;/h3-7,14-15,17,23-24H,8-13,16H2,1-2H3;1H. The number of fused-ring (bicyclic) bond motifs is 1. The van der Waals surface area contributed by atoms with Crippen molar-refractivity contribution in [3.63, 3.8) is 0 Å². The van der Waals surface area contributed by atoms with Crippen LogP contribution in [0.3, 0.4) is 0 Å². The van der Waals surface area contributed by atoms with Crippen LogP contribution in [0.15, 0.2) is 42.5 Å². The summed E-state index contributed by atoms with van der Waals surface area (Å²) in [6, 6.07) is 15.5. The lowest BCUT2D eigenvalue weighted by Crippen LogP contribution is -2.41. The number of hydrogen-bond acceptors (Lipinski definition) is 4. The van der Waals surface area contributed by atoms with Crippen LogP contribution in [0.2, 0.25) is 0 Å². The second-order valence-corrected chi connectivity index (χ2v) is 7.66. The Hall–Kier alpha value is -1.75. The topological polar surface area (TPSA) is 33.7 Å². The van der Waals surface area contributed by atoms with Gasteiger partial charge in [0, 0.05) is 13.1 Å². The molecule has 4 nitrogen and oxygen atoms in total. The first-order valence-electron chi connectivity index (χ1n) is 10.0. The number of benzene rings is 2. The van der Waals surface area contributed by atoms with E-state index in [-0.39, 0.29) is 18.4 Å². The van der Waals surface area contributed by atoms with Gasteiger partial charge in [-0.25, -0.2) is 0 Å². The molecule has 1 saturated heterocycles. The van der Waals surface area contributed by atoms with Gasteiger partial charge >= 0.3 is 0 Å². The van der Waals surface area contributed by atoms with Gasteiger partial charge in [0.25, 0.3) is 0 Å². The van der Waals surface area contributed by atoms with Crippen LogP contribution in [0.1, 0.15) is 35.6 Å². The Morgan fingerprint density at radius 2 is 1.68 bits per heavy atom. The molecule has 2 aromatic carbocycles. The summed E-state index contributed by atoms with van der Waals surface area (Å²) in [5.41, 5.74) is 4.10. The molecule has 2 heterocycles. The fraction of sp³-hybridized carbons (Fsp3) is 0.478. The maximum absolute atomic E-state index is 5.62. The Labute approximate surface area is 174 Å². The number of piperidine rings is 1. The van der Waals surface area contributed by atoms with Crippen molar-refractivity contribution in [2.45, 2.75) is 25.3 Å². The van der Waals surface area contributed by atoms with E-state index in [1.54, 1.807) is 14.2 Å². The SMILES string of the molecule is COc1cc2c(cc1OC)C(c1ccccc1)N(CC1CCNCC1)CC2.Cl. The van der Waals surface area contributed by atoms with Crippen molar-refractivity contribution in [2.24, 2.45) is 5.92 Å². The number of halogens is 1. The van der Waals surface area contributed by atoms with Crippen molar-refractivity contribution in [3.05, 3.63) is 59.2 Å². The number of hydrogen-bond donors (Lipinski definition) is 1. The highest BCUT2D eigenvalue weighted by atomic mass is 35.5. The minimum atomic E-state index is 0. The molecular formula is C23H31ClN2O2. The third-order valence-electron chi connectivity index (χ3n) is 6.04. The van der Waals surface area contributed by atoms with Crippen LogP contribution >= 0.6 is 12.4 Å². The van der Waals surface area contributed by atoms with Crippen LogP contribution in [0.4, 0.5) is 0 Å². The van der Waals surface area contributed by atoms with Crippen LogP contribution in [0.5, 0.6) is 11.5 Å². The van der Waals surface area contributed by atoms with Crippen molar-refractivity contribution in [2.75, 3.05) is 40.4 Å². The fourth-order valence-corrected chi connectivity index (χ4v) is 4.62. The Kier molecular flexibility index (Phi) is 7.22. The van der Waals surface area contributed by atoms with Crippen molar-refractivity contribution in [1.29, 1.82) is 0 Å². The molecule has 0 aliphatic carbocycles. The van der Waals surface area contributed by atoms with Gasteiger partial charge in [0.1, 0.15) is 0 Å². The predicted octanol–water partition coefficient (Wildman–Crippen LogP) is 4.07. The Bertz CT molecular complexity index is 763. The molecule has 2 aromatic rings. The summed E-state index contributed by atoms with van der Waals surface area (Å²) in [5, 5.41) is 3.49. The largest absolute Gasteiger partial charge is 0.493 e. The molecule has 2 aliphatic rings. The highest BCUT2D eigenvalue weighted by Crippen LogP contribution is 2.41. The van der Waals surface area contributed by atoms with Gasteiger partial charge in [-0.3, -0.25) is 4.90 Å². The molecule has 152 valence electrons. The van der Waals surface area contributed by atoms with E-state index in [0.717, 1.165) is 50.0 Å². The van der Waals surface area contributed by atoms with Crippen molar-refractivity contribution < 1.29 is 9.47 Å². The molecule has 0 spiro atoms. The molecule has 1 atom stereocenters. The summed E-state index contributed by atoms with van der Waals surface area (Å²) in [4.78, 5) is 2.68. The van der Waals surface area contributed by atoms with E-state index in [2.05, 4.69) is 52.7 Å². The number of nitrogens with zero attached hydrogens (tertiary/aromatic N) is 1. The van der Waals surface area contributed by atoms with Gasteiger partial charge < -0.3 is 14.8 Å². The summed E-state index contributed by atoms with van der Waals surface area (Å²) < 4.78 is 11.2. The number of nitrogens with one attached hydrogen (secondary N) is 1. The Morgan fingerprint density at radius 3 is 2.36 bits per heavy atom. The Morgan fingerprint density at radius 1 is 1.00 bits per heavy atom. The molecule has 28 heavy (non-hydrogen) atoms. The molecular weight excluding hydrogens is 372 g/mol. The van der Waals surface area contributed by atoms with E-state index < -0.39 is 0 Å². The van der Waals surface area contributed by atoms with Crippen LogP contribution in [0, 0.1) is 5.92 Å². The van der Waals surface area contributed by atoms with Crippen molar-refractivity contribution in [1.82, 2.24) is 10.2 Å². The first-order valence-corrected chi connectivity index (χ1v) is 10.0. The summed E-state index contributed by atoms with van der Waals surface area (Å²) >= 11 is 0. The molecule has 2 aliphatic heterocycles. The van der Waals surface area contributed by atoms with Crippen molar-refractivity contribution in [3.8, 4) is 11.5 Å². The fourth-order valence-electron chi connectivity index (χ4n) is 4.62. The van der Waals surface area contributed by atoms with E-state index in [1.807, 2.05) is 0 Å². The number of ether oxygens (including phenoxy) is 2. The molecule has 1 N–H and O–H groups in total. The highest BCUT2D eigenvalue weighted by molar-refractivity contribution is 5.85. The molecule has 1 fully saturated rings. The van der Waals surface area contributed by atoms with E-state index in [4.69, 9.17) is 9.47 Å². The van der Waals surface area contributed by atoms with Gasteiger partial charge in [-0.05, 0) is 67.1 Å². The first-order chi connectivity index (χ1) is 13.3. The molecule has 4 rings (SSSR count). The average molecular weight is 403 g/mol. The van der Waals surface area contributed by atoms with Crippen LogP contribution in [-0.2, 0) is 6.42 Å². The molecule has 0 radical (unpaired) electrons. The summed E-state index contributed by atoms with van der Waals surface area (Å²) in [6.07, 6.45) is 3.61. The first kappa shape index (κ1) is 21.0. The number of rotatable bonds is 5. The molecule has 1 unspecified atom stereocenters. The zero-order valence-corrected chi connectivity index (χ0v) is 17.6. The van der Waals surface area contributed by atoms with Gasteiger partial charge in [0.05, 0.1) is 20.3 Å². The lowest BCUT2D eigenvalue weighted by molar-refractivity contribution is 0.162. The second-order valence-electron chi connectivity index (χ2n) is 7.66. The van der Waals surface area contributed by atoms with E-state index >= 15 is 0 Å². The lowest BCUT2D eigenvalue weighted by Gasteiger charge is -2.40. The van der Waals surface area contributed by atoms with Crippen LogP contribution in [0.25, 0.3) is 0 Å². The quantitative estimate of drug-likeness (QED) is 0.817. The third-order valence-corrected chi connectivity index (χ3v) is 6.04. The minimum Gasteiger partial charge on any atom is -0.493 e. The zero-order chi connectivity index (χ0) is 18.6. The maximum atomic E-state index is 5.62. The third kappa shape index (κ3) is 4.29. The van der Waals surface area contributed by atoms with E-state index in [0.29, 0.717) is 0 Å². The monoisotopic (exact) mass is 402 g/mol. The number of methoxy groups -OCH3 is 2. The maximum Gasteiger partial charge on any atom is 0.161 e. The highest BCUT2D eigenvalue weighted by Gasteiger charge is 2.31. The summed E-state index contributed by atoms with van der Waals surface area (Å²) in [5.74, 6) is 2.43. The van der Waals surface area contributed by atoms with Crippen LogP contribution < -0.4 is 14.8 Å². The van der Waals surface area contributed by atoms with Gasteiger partial charge in [0.15, 0.2) is 11.5 Å². The van der Waals surface area contributed by atoms with Gasteiger partial charge in [-0.15, -0.1) is 12.4 Å². The summed E-state index contributed by atoms with van der Waals surface area (Å²) in [6.45, 7) is 4.55. The molecule has 5 heteroatoms. The summed E-state index contributed by atoms with van der Waals surface area (Å²) in [7, 11) is 3.43. The van der Waals surface area contributed by atoms with E-state index in [1.165, 1.54) is 29.5 Å². The zero-order valence-electron chi connectivity index (χ0n) is 16.8. The van der Waals surface area contributed by atoms with Gasteiger partial charge in [-0.2, -0.15) is 0 Å². The average Bonchev–Trinajstić information content (AvgIpc) is 2.74. The van der Waals surface area contributed by atoms with Gasteiger partial charge in [-0.1, -0.05) is 30.3 Å². The second kappa shape index (κ2) is 9.64. The lowest BCUT2D eigenvalue weighted by atomic mass is 9.86. The van der Waals surface area contributed by atoms with Crippen molar-refractivity contribution >= 4 is 12.4 Å². The van der Waals surface area contributed by atoms with E-state index in [9.17, 15) is 0 Å². The smallest absolute Gasteiger partial charge is 0.161 e. The predicted molar refractivity (Wildman–Crippen MR) is 116 cm³/mol. The molecule has 0 saturated carbocycles. The Balaban J connectivity index is 0.00000225. The molecule has 0 bridgehead atoms. The molecule has 0 amide bonds. The minimum absolute atomic E-state index is 0. The molecule has 0 aromatic heterocycles. The normalized spacial score (nSPS) is 20.1. The van der Waals surface area contributed by atoms with Gasteiger partial charge in [0.2, 0.25) is 0 Å². The van der Waals surface area contributed by atoms with Crippen LogP contribution in [-0.4, -0.2) is 45.3 Å².